The fourth-order valence-corrected chi connectivity index (χ4v) is 2.21. The highest BCUT2D eigenvalue weighted by Crippen LogP contribution is 2.37. The van der Waals surface area contributed by atoms with E-state index in [0.717, 1.165) is 11.1 Å². The first kappa shape index (κ1) is 14.4. The Kier molecular flexibility index (Phi) is 3.89. The molecule has 0 atom stereocenters. The summed E-state index contributed by atoms with van der Waals surface area (Å²) in [6, 6.07) is 17.2. The van der Waals surface area contributed by atoms with E-state index in [-0.39, 0.29) is 5.82 Å². The second-order valence-electron chi connectivity index (χ2n) is 4.40. The molecule has 0 radical (unpaired) electrons. The summed E-state index contributed by atoms with van der Waals surface area (Å²) >= 11 is 17.7. The third-order valence-corrected chi connectivity index (χ3v) is 3.40. The monoisotopic (exact) mass is 337 g/mol. The van der Waals surface area contributed by atoms with Crippen LogP contribution in [0.3, 0.4) is 0 Å². The molecule has 0 aliphatic rings. The number of para-hydroxylation sites is 2. The lowest BCUT2D eigenvalue weighted by Gasteiger charge is -2.14. The standard InChI is InChI=1S/C15H10Cl3N3/c16-15(17,18)14-20-12-9-5-4-8-11(12)13(21-14)19-10-6-2-1-3-7-10/h1-9H,(H,19,20,21). The predicted octanol–water partition coefficient (Wildman–Crippen LogP) is 5.20. The van der Waals surface area contributed by atoms with Crippen LogP contribution in [0.4, 0.5) is 11.5 Å². The van der Waals surface area contributed by atoms with Crippen LogP contribution >= 0.6 is 34.8 Å². The lowest BCUT2D eigenvalue weighted by molar-refractivity contribution is 0.999. The smallest absolute Gasteiger partial charge is 0.250 e. The van der Waals surface area contributed by atoms with Gasteiger partial charge in [-0.25, -0.2) is 9.97 Å². The summed E-state index contributed by atoms with van der Waals surface area (Å²) < 4.78 is -1.67. The van der Waals surface area contributed by atoms with Gasteiger partial charge in [-0.05, 0) is 24.3 Å². The summed E-state index contributed by atoms with van der Waals surface area (Å²) in [4.78, 5) is 8.65. The zero-order valence-electron chi connectivity index (χ0n) is 10.7. The molecule has 0 aliphatic carbocycles. The molecule has 0 aliphatic heterocycles. The largest absolute Gasteiger partial charge is 0.340 e. The number of anilines is 2. The molecular formula is C15H10Cl3N3. The molecule has 3 nitrogen and oxygen atoms in total. The number of hydrogen-bond acceptors (Lipinski definition) is 3. The van der Waals surface area contributed by atoms with E-state index >= 15 is 0 Å². The number of nitrogens with zero attached hydrogens (tertiary/aromatic N) is 2. The van der Waals surface area contributed by atoms with Crippen LogP contribution in [0.25, 0.3) is 10.9 Å². The maximum Gasteiger partial charge on any atom is 0.250 e. The van der Waals surface area contributed by atoms with Crippen molar-refractivity contribution in [3.8, 4) is 0 Å². The minimum Gasteiger partial charge on any atom is -0.340 e. The zero-order valence-corrected chi connectivity index (χ0v) is 13.0. The van der Waals surface area contributed by atoms with Crippen LogP contribution in [-0.2, 0) is 3.79 Å². The molecule has 0 spiro atoms. The van der Waals surface area contributed by atoms with Crippen LogP contribution in [-0.4, -0.2) is 9.97 Å². The van der Waals surface area contributed by atoms with Gasteiger partial charge in [-0.1, -0.05) is 65.1 Å². The van der Waals surface area contributed by atoms with Crippen molar-refractivity contribution in [2.75, 3.05) is 5.32 Å². The Hall–Kier alpha value is -1.55. The lowest BCUT2D eigenvalue weighted by Crippen LogP contribution is -2.09. The van der Waals surface area contributed by atoms with Crippen molar-refractivity contribution in [2.24, 2.45) is 0 Å². The van der Waals surface area contributed by atoms with Crippen molar-refractivity contribution in [3.63, 3.8) is 0 Å². The van der Waals surface area contributed by atoms with E-state index in [0.29, 0.717) is 11.3 Å². The van der Waals surface area contributed by atoms with Crippen molar-refractivity contribution in [1.82, 2.24) is 9.97 Å². The Labute approximate surface area is 136 Å². The lowest BCUT2D eigenvalue weighted by atomic mass is 10.2. The number of halogens is 3. The Morgan fingerprint density at radius 2 is 1.48 bits per heavy atom. The van der Waals surface area contributed by atoms with E-state index in [1.807, 2.05) is 54.6 Å². The summed E-state index contributed by atoms with van der Waals surface area (Å²) in [6.45, 7) is 0. The summed E-state index contributed by atoms with van der Waals surface area (Å²) in [5, 5.41) is 4.09. The molecule has 6 heteroatoms. The minimum absolute atomic E-state index is 0.143. The van der Waals surface area contributed by atoms with Gasteiger partial charge in [0.15, 0.2) is 5.82 Å². The van der Waals surface area contributed by atoms with Gasteiger partial charge in [-0.2, -0.15) is 0 Å². The SMILES string of the molecule is ClC(Cl)(Cl)c1nc(Nc2ccccc2)c2ccccc2n1. The van der Waals surface area contributed by atoms with E-state index in [1.165, 1.54) is 0 Å². The van der Waals surface area contributed by atoms with Crippen molar-refractivity contribution >= 4 is 57.2 Å². The van der Waals surface area contributed by atoms with E-state index in [2.05, 4.69) is 15.3 Å². The average molecular weight is 339 g/mol. The Bertz CT molecular complexity index is 770. The maximum atomic E-state index is 5.91. The fourth-order valence-electron chi connectivity index (χ4n) is 1.96. The summed E-state index contributed by atoms with van der Waals surface area (Å²) in [7, 11) is 0. The molecular weight excluding hydrogens is 329 g/mol. The minimum atomic E-state index is -1.67. The van der Waals surface area contributed by atoms with Gasteiger partial charge < -0.3 is 5.32 Å². The van der Waals surface area contributed by atoms with Crippen molar-refractivity contribution in [1.29, 1.82) is 0 Å². The van der Waals surface area contributed by atoms with E-state index in [4.69, 9.17) is 34.8 Å². The van der Waals surface area contributed by atoms with E-state index in [1.54, 1.807) is 0 Å². The van der Waals surface area contributed by atoms with Crippen molar-refractivity contribution in [2.45, 2.75) is 3.79 Å². The molecule has 3 rings (SSSR count). The highest BCUT2D eigenvalue weighted by Gasteiger charge is 2.28. The van der Waals surface area contributed by atoms with Crippen LogP contribution in [0.5, 0.6) is 0 Å². The summed E-state index contributed by atoms with van der Waals surface area (Å²) in [5.74, 6) is 0.748. The number of nitrogens with one attached hydrogen (secondary N) is 1. The predicted molar refractivity (Wildman–Crippen MR) is 88.5 cm³/mol. The van der Waals surface area contributed by atoms with Gasteiger partial charge in [-0.15, -0.1) is 0 Å². The molecule has 1 heterocycles. The Morgan fingerprint density at radius 3 is 2.19 bits per heavy atom. The number of aromatic nitrogens is 2. The number of benzene rings is 2. The summed E-state index contributed by atoms with van der Waals surface area (Å²) in [5.41, 5.74) is 1.61. The normalized spacial score (nSPS) is 11.6. The first-order valence-corrected chi connectivity index (χ1v) is 7.33. The number of hydrogen-bond donors (Lipinski definition) is 1. The van der Waals surface area contributed by atoms with Crippen LogP contribution in [0.15, 0.2) is 54.6 Å². The molecule has 2 aromatic carbocycles. The zero-order chi connectivity index (χ0) is 14.9. The Balaban J connectivity index is 2.15. The van der Waals surface area contributed by atoms with Gasteiger partial charge in [0, 0.05) is 11.1 Å². The van der Waals surface area contributed by atoms with Gasteiger partial charge in [0.2, 0.25) is 3.79 Å². The highest BCUT2D eigenvalue weighted by molar-refractivity contribution is 6.66. The van der Waals surface area contributed by atoms with Crippen molar-refractivity contribution < 1.29 is 0 Å². The number of fused-ring (bicyclic) bond motifs is 1. The van der Waals surface area contributed by atoms with Crippen LogP contribution in [0, 0.1) is 0 Å². The molecule has 0 fully saturated rings. The third-order valence-electron chi connectivity index (χ3n) is 2.89. The van der Waals surface area contributed by atoms with Gasteiger partial charge >= 0.3 is 0 Å². The van der Waals surface area contributed by atoms with Gasteiger partial charge in [0.1, 0.15) is 5.82 Å². The summed E-state index contributed by atoms with van der Waals surface area (Å²) in [6.07, 6.45) is 0. The topological polar surface area (TPSA) is 37.8 Å². The quantitative estimate of drug-likeness (QED) is 0.653. The van der Waals surface area contributed by atoms with Gasteiger partial charge in [0.25, 0.3) is 0 Å². The first-order chi connectivity index (χ1) is 10.0. The molecule has 106 valence electrons. The molecule has 0 saturated heterocycles. The van der Waals surface area contributed by atoms with E-state index < -0.39 is 3.79 Å². The van der Waals surface area contributed by atoms with Crippen LogP contribution in [0.1, 0.15) is 5.82 Å². The average Bonchev–Trinajstić information content (AvgIpc) is 2.47. The fraction of sp³-hybridized carbons (Fsp3) is 0.0667. The van der Waals surface area contributed by atoms with Gasteiger partial charge in [-0.3, -0.25) is 0 Å². The molecule has 0 saturated carbocycles. The van der Waals surface area contributed by atoms with E-state index in [9.17, 15) is 0 Å². The second-order valence-corrected chi connectivity index (χ2v) is 6.68. The van der Waals surface area contributed by atoms with Crippen molar-refractivity contribution in [3.05, 3.63) is 60.4 Å². The maximum absolute atomic E-state index is 5.91. The van der Waals surface area contributed by atoms with Gasteiger partial charge in [0.05, 0.1) is 5.52 Å². The Morgan fingerprint density at radius 1 is 0.810 bits per heavy atom. The van der Waals surface area contributed by atoms with Crippen LogP contribution < -0.4 is 5.32 Å². The molecule has 0 bridgehead atoms. The third kappa shape index (κ3) is 3.21. The highest BCUT2D eigenvalue weighted by atomic mass is 35.6. The number of alkyl halides is 3. The molecule has 0 amide bonds. The molecule has 3 aromatic rings. The molecule has 1 N–H and O–H groups in total. The molecule has 1 aromatic heterocycles. The molecule has 0 unspecified atom stereocenters. The second kappa shape index (κ2) is 5.68. The van der Waals surface area contributed by atoms with Crippen LogP contribution in [0.2, 0.25) is 0 Å². The molecule has 21 heavy (non-hydrogen) atoms. The number of rotatable bonds is 2. The first-order valence-electron chi connectivity index (χ1n) is 6.20.